The Balaban J connectivity index is 0.00000162. The van der Waals surface area contributed by atoms with Crippen LogP contribution in [0.4, 0.5) is 5.69 Å². The maximum atomic E-state index is 12.0. The Hall–Kier alpha value is -1.31. The zero-order valence-corrected chi connectivity index (χ0v) is 12.3. The van der Waals surface area contributed by atoms with Gasteiger partial charge in [-0.2, -0.15) is 0 Å². The molecular weight excluding hydrogens is 343 g/mol. The van der Waals surface area contributed by atoms with E-state index in [1.54, 1.807) is 4.90 Å². The normalized spacial score (nSPS) is 13.2. The minimum absolute atomic E-state index is 0. The van der Waals surface area contributed by atoms with Crippen LogP contribution in [-0.4, -0.2) is 25.0 Å². The Morgan fingerprint density at radius 3 is 2.78 bits per heavy atom. The van der Waals surface area contributed by atoms with Crippen molar-refractivity contribution in [1.29, 1.82) is 0 Å². The fourth-order valence-electron chi connectivity index (χ4n) is 2.04. The van der Waals surface area contributed by atoms with Gasteiger partial charge in [0.2, 0.25) is 5.91 Å². The number of carbonyl (C=O) groups is 1. The summed E-state index contributed by atoms with van der Waals surface area (Å²) in [6, 6.07) is 7.94. The van der Waals surface area contributed by atoms with Gasteiger partial charge in [-0.1, -0.05) is 18.2 Å². The molecule has 6 heteroatoms. The molecular formula is C12H17IN4O. The summed E-state index contributed by atoms with van der Waals surface area (Å²) in [6.45, 7) is 0.743. The van der Waals surface area contributed by atoms with Crippen LogP contribution in [0.15, 0.2) is 29.3 Å². The van der Waals surface area contributed by atoms with Gasteiger partial charge in [-0.15, -0.1) is 24.0 Å². The van der Waals surface area contributed by atoms with E-state index in [-0.39, 0.29) is 42.4 Å². The summed E-state index contributed by atoms with van der Waals surface area (Å²) in [5.74, 6) is -0.116. The smallest absolute Gasteiger partial charge is 0.248 e. The zero-order chi connectivity index (χ0) is 12.3. The Bertz CT molecular complexity index is 457. The number of hydrogen-bond donors (Lipinski definition) is 2. The predicted octanol–water partition coefficient (Wildman–Crippen LogP) is 0.857. The molecule has 0 aromatic heterocycles. The molecule has 1 aliphatic heterocycles. The first-order valence-electron chi connectivity index (χ1n) is 5.62. The van der Waals surface area contributed by atoms with Gasteiger partial charge in [-0.3, -0.25) is 4.79 Å². The number of rotatable bonds is 2. The van der Waals surface area contributed by atoms with Crippen molar-refractivity contribution in [3.8, 4) is 0 Å². The monoisotopic (exact) mass is 360 g/mol. The van der Waals surface area contributed by atoms with E-state index >= 15 is 0 Å². The average molecular weight is 360 g/mol. The number of aryl methyl sites for hydroxylation is 1. The Morgan fingerprint density at radius 1 is 1.33 bits per heavy atom. The summed E-state index contributed by atoms with van der Waals surface area (Å²) >= 11 is 0. The second-order valence-corrected chi connectivity index (χ2v) is 4.02. The van der Waals surface area contributed by atoms with E-state index in [1.807, 2.05) is 18.2 Å². The fourth-order valence-corrected chi connectivity index (χ4v) is 2.04. The van der Waals surface area contributed by atoms with Gasteiger partial charge < -0.3 is 16.4 Å². The number of anilines is 1. The summed E-state index contributed by atoms with van der Waals surface area (Å²) in [6.07, 6.45) is 1.99. The van der Waals surface area contributed by atoms with E-state index < -0.39 is 0 Å². The number of nitrogens with two attached hydrogens (primary N) is 2. The maximum Gasteiger partial charge on any atom is 0.248 e. The van der Waals surface area contributed by atoms with E-state index in [4.69, 9.17) is 11.5 Å². The summed E-state index contributed by atoms with van der Waals surface area (Å²) in [5.41, 5.74) is 12.6. The first kappa shape index (κ1) is 14.7. The quantitative estimate of drug-likeness (QED) is 0.466. The van der Waals surface area contributed by atoms with Crippen LogP contribution in [-0.2, 0) is 11.2 Å². The van der Waals surface area contributed by atoms with Gasteiger partial charge in [0.25, 0.3) is 0 Å². The molecule has 1 heterocycles. The van der Waals surface area contributed by atoms with Crippen molar-refractivity contribution in [3.63, 3.8) is 0 Å². The van der Waals surface area contributed by atoms with E-state index in [9.17, 15) is 4.79 Å². The molecule has 98 valence electrons. The molecule has 1 aromatic rings. The highest BCUT2D eigenvalue weighted by atomic mass is 127. The molecule has 1 aromatic carbocycles. The number of benzene rings is 1. The van der Waals surface area contributed by atoms with Crippen LogP contribution >= 0.6 is 24.0 Å². The SMILES string of the molecule is I.NC(N)=NCC(=O)N1CCCc2ccccc21. The van der Waals surface area contributed by atoms with Crippen LogP contribution in [0.1, 0.15) is 12.0 Å². The van der Waals surface area contributed by atoms with Crippen molar-refractivity contribution in [2.24, 2.45) is 16.5 Å². The van der Waals surface area contributed by atoms with Gasteiger partial charge in [0.05, 0.1) is 0 Å². The minimum atomic E-state index is -0.0643. The highest BCUT2D eigenvalue weighted by Gasteiger charge is 2.21. The highest BCUT2D eigenvalue weighted by Crippen LogP contribution is 2.26. The van der Waals surface area contributed by atoms with Gasteiger partial charge in [-0.25, -0.2) is 4.99 Å². The number of carbonyl (C=O) groups excluding carboxylic acids is 1. The second-order valence-electron chi connectivity index (χ2n) is 4.02. The lowest BCUT2D eigenvalue weighted by molar-refractivity contribution is -0.117. The van der Waals surface area contributed by atoms with Crippen LogP contribution in [0.3, 0.4) is 0 Å². The Morgan fingerprint density at radius 2 is 2.06 bits per heavy atom. The molecule has 0 radical (unpaired) electrons. The standard InChI is InChI=1S/C12H16N4O.HI/c13-12(14)15-8-11(17)16-7-3-5-9-4-1-2-6-10(9)16;/h1-2,4,6H,3,5,7-8H2,(H4,13,14,15);1H. The average Bonchev–Trinajstić information content (AvgIpc) is 2.35. The van der Waals surface area contributed by atoms with Crippen molar-refractivity contribution in [1.82, 2.24) is 0 Å². The van der Waals surface area contributed by atoms with E-state index in [0.29, 0.717) is 0 Å². The Kier molecular flexibility index (Phi) is 5.39. The van der Waals surface area contributed by atoms with E-state index in [2.05, 4.69) is 11.1 Å². The predicted molar refractivity (Wildman–Crippen MR) is 83.2 cm³/mol. The van der Waals surface area contributed by atoms with Gasteiger partial charge in [0, 0.05) is 12.2 Å². The Labute approximate surface area is 123 Å². The molecule has 18 heavy (non-hydrogen) atoms. The number of aliphatic imine (C=N–C) groups is 1. The molecule has 5 nitrogen and oxygen atoms in total. The fraction of sp³-hybridized carbons (Fsp3) is 0.333. The molecule has 0 spiro atoms. The van der Waals surface area contributed by atoms with E-state index in [0.717, 1.165) is 25.1 Å². The summed E-state index contributed by atoms with van der Waals surface area (Å²) in [7, 11) is 0. The molecule has 0 aliphatic carbocycles. The number of amides is 1. The number of halogens is 1. The molecule has 0 fully saturated rings. The van der Waals surface area contributed by atoms with Crippen molar-refractivity contribution in [3.05, 3.63) is 29.8 Å². The summed E-state index contributed by atoms with van der Waals surface area (Å²) in [5, 5.41) is 0. The van der Waals surface area contributed by atoms with Crippen molar-refractivity contribution in [2.45, 2.75) is 12.8 Å². The third-order valence-corrected chi connectivity index (χ3v) is 2.81. The van der Waals surface area contributed by atoms with Gasteiger partial charge in [-0.05, 0) is 24.5 Å². The molecule has 1 aliphatic rings. The number of fused-ring (bicyclic) bond motifs is 1. The molecule has 0 saturated carbocycles. The first-order chi connectivity index (χ1) is 8.18. The largest absolute Gasteiger partial charge is 0.370 e. The van der Waals surface area contributed by atoms with Crippen LogP contribution in [0.5, 0.6) is 0 Å². The molecule has 0 atom stereocenters. The van der Waals surface area contributed by atoms with Crippen LogP contribution in [0, 0.1) is 0 Å². The van der Waals surface area contributed by atoms with Crippen LogP contribution in [0.25, 0.3) is 0 Å². The molecule has 0 saturated heterocycles. The lowest BCUT2D eigenvalue weighted by Crippen LogP contribution is -2.37. The number of guanidine groups is 1. The molecule has 0 unspecified atom stereocenters. The molecule has 2 rings (SSSR count). The maximum absolute atomic E-state index is 12.0. The highest BCUT2D eigenvalue weighted by molar-refractivity contribution is 14.0. The van der Waals surface area contributed by atoms with Gasteiger partial charge >= 0.3 is 0 Å². The van der Waals surface area contributed by atoms with Gasteiger partial charge in [0.15, 0.2) is 5.96 Å². The van der Waals surface area contributed by atoms with Crippen molar-refractivity contribution >= 4 is 41.5 Å². The minimum Gasteiger partial charge on any atom is -0.370 e. The third kappa shape index (κ3) is 3.34. The third-order valence-electron chi connectivity index (χ3n) is 2.81. The summed E-state index contributed by atoms with van der Waals surface area (Å²) < 4.78 is 0. The lowest BCUT2D eigenvalue weighted by atomic mass is 10.0. The lowest BCUT2D eigenvalue weighted by Gasteiger charge is -2.29. The van der Waals surface area contributed by atoms with Gasteiger partial charge in [0.1, 0.15) is 6.54 Å². The van der Waals surface area contributed by atoms with Crippen molar-refractivity contribution in [2.75, 3.05) is 18.0 Å². The molecule has 0 bridgehead atoms. The topological polar surface area (TPSA) is 84.7 Å². The zero-order valence-electron chi connectivity index (χ0n) is 10.0. The number of para-hydroxylation sites is 1. The second kappa shape index (κ2) is 6.58. The first-order valence-corrected chi connectivity index (χ1v) is 5.62. The molecule has 4 N–H and O–H groups in total. The number of nitrogens with zero attached hydrogens (tertiary/aromatic N) is 2. The van der Waals surface area contributed by atoms with Crippen LogP contribution in [0.2, 0.25) is 0 Å². The van der Waals surface area contributed by atoms with E-state index in [1.165, 1.54) is 5.56 Å². The van der Waals surface area contributed by atoms with Crippen LogP contribution < -0.4 is 16.4 Å². The molecule has 1 amide bonds. The number of hydrogen-bond acceptors (Lipinski definition) is 2. The summed E-state index contributed by atoms with van der Waals surface area (Å²) in [4.78, 5) is 17.5. The van der Waals surface area contributed by atoms with Crippen molar-refractivity contribution < 1.29 is 4.79 Å².